The first-order valence-corrected chi connectivity index (χ1v) is 6.48. The van der Waals surface area contributed by atoms with Crippen LogP contribution in [0.1, 0.15) is 5.56 Å². The van der Waals surface area contributed by atoms with Crippen molar-refractivity contribution >= 4 is 28.9 Å². The van der Waals surface area contributed by atoms with Crippen LogP contribution in [0.3, 0.4) is 0 Å². The fourth-order valence-electron chi connectivity index (χ4n) is 1.65. The van der Waals surface area contributed by atoms with E-state index in [1.54, 1.807) is 0 Å². The molecule has 2 aromatic rings. The first-order chi connectivity index (χ1) is 9.54. The number of hydrogen-bond acceptors (Lipinski definition) is 2. The lowest BCUT2D eigenvalue weighted by molar-refractivity contribution is -0.114. The van der Waals surface area contributed by atoms with Gasteiger partial charge in [-0.05, 0) is 37.3 Å². The second kappa shape index (κ2) is 6.39. The summed E-state index contributed by atoms with van der Waals surface area (Å²) in [6.45, 7) is 2.03. The predicted octanol–water partition coefficient (Wildman–Crippen LogP) is 3.84. The standard InChI is InChI=1S/C15H14ClFN2O/c1-10-2-5-12(6-3-10)19-15(20)9-18-14-7-4-11(17)8-13(14)16/h2-8,18H,9H2,1H3,(H,19,20). The number of aryl methyl sites for hydroxylation is 1. The van der Waals surface area contributed by atoms with E-state index < -0.39 is 5.82 Å². The molecule has 0 saturated heterocycles. The van der Waals surface area contributed by atoms with Crippen molar-refractivity contribution in [2.45, 2.75) is 6.92 Å². The van der Waals surface area contributed by atoms with Gasteiger partial charge in [-0.15, -0.1) is 0 Å². The molecule has 0 aliphatic rings. The summed E-state index contributed by atoms with van der Waals surface area (Å²) in [7, 11) is 0. The minimum atomic E-state index is -0.412. The molecule has 2 N–H and O–H groups in total. The van der Waals surface area contributed by atoms with Crippen molar-refractivity contribution in [1.29, 1.82) is 0 Å². The predicted molar refractivity (Wildman–Crippen MR) is 79.7 cm³/mol. The monoisotopic (exact) mass is 292 g/mol. The molecule has 5 heteroatoms. The quantitative estimate of drug-likeness (QED) is 0.899. The Kier molecular flexibility index (Phi) is 4.58. The fraction of sp³-hybridized carbons (Fsp3) is 0.133. The highest BCUT2D eigenvalue weighted by molar-refractivity contribution is 6.33. The minimum absolute atomic E-state index is 0.0548. The third kappa shape index (κ3) is 3.96. The lowest BCUT2D eigenvalue weighted by Gasteiger charge is -2.09. The summed E-state index contributed by atoms with van der Waals surface area (Å²) >= 11 is 5.86. The van der Waals surface area contributed by atoms with Crippen LogP contribution in [0.25, 0.3) is 0 Å². The molecule has 0 atom stereocenters. The smallest absolute Gasteiger partial charge is 0.243 e. The summed E-state index contributed by atoms with van der Waals surface area (Å²) in [5.74, 6) is -0.612. The zero-order valence-corrected chi connectivity index (χ0v) is 11.7. The Labute approximate surface area is 121 Å². The number of halogens is 2. The maximum Gasteiger partial charge on any atom is 0.243 e. The number of hydrogen-bond donors (Lipinski definition) is 2. The number of anilines is 2. The molecule has 20 heavy (non-hydrogen) atoms. The van der Waals surface area contributed by atoms with Crippen molar-refractivity contribution < 1.29 is 9.18 Å². The van der Waals surface area contributed by atoms with Crippen LogP contribution < -0.4 is 10.6 Å². The zero-order valence-electron chi connectivity index (χ0n) is 10.9. The SMILES string of the molecule is Cc1ccc(NC(=O)CNc2ccc(F)cc2Cl)cc1. The van der Waals surface area contributed by atoms with Gasteiger partial charge in [-0.2, -0.15) is 0 Å². The first-order valence-electron chi connectivity index (χ1n) is 6.10. The molecule has 0 bridgehead atoms. The van der Waals surface area contributed by atoms with Gasteiger partial charge in [0.25, 0.3) is 0 Å². The Hall–Kier alpha value is -2.07. The molecule has 0 unspecified atom stereocenters. The zero-order chi connectivity index (χ0) is 14.5. The van der Waals surface area contributed by atoms with E-state index in [9.17, 15) is 9.18 Å². The molecular weight excluding hydrogens is 279 g/mol. The maximum atomic E-state index is 12.9. The number of amides is 1. The summed E-state index contributed by atoms with van der Waals surface area (Å²) in [4.78, 5) is 11.8. The number of benzene rings is 2. The Bertz CT molecular complexity index is 614. The highest BCUT2D eigenvalue weighted by Gasteiger charge is 2.05. The Morgan fingerprint density at radius 3 is 2.55 bits per heavy atom. The largest absolute Gasteiger partial charge is 0.375 e. The van der Waals surface area contributed by atoms with Gasteiger partial charge in [0.05, 0.1) is 17.3 Å². The molecule has 0 saturated carbocycles. The fourth-order valence-corrected chi connectivity index (χ4v) is 1.88. The summed E-state index contributed by atoms with van der Waals surface area (Å²) in [6.07, 6.45) is 0. The number of carbonyl (C=O) groups excluding carboxylic acids is 1. The number of nitrogens with one attached hydrogen (secondary N) is 2. The van der Waals surface area contributed by atoms with E-state index in [0.717, 1.165) is 11.3 Å². The lowest BCUT2D eigenvalue weighted by Crippen LogP contribution is -2.21. The number of rotatable bonds is 4. The highest BCUT2D eigenvalue weighted by Crippen LogP contribution is 2.22. The Balaban J connectivity index is 1.90. The van der Waals surface area contributed by atoms with Crippen molar-refractivity contribution in [3.05, 3.63) is 58.9 Å². The van der Waals surface area contributed by atoms with Gasteiger partial charge in [0.1, 0.15) is 5.82 Å². The summed E-state index contributed by atoms with van der Waals surface area (Å²) in [5.41, 5.74) is 2.37. The molecule has 3 nitrogen and oxygen atoms in total. The van der Waals surface area contributed by atoms with Crippen molar-refractivity contribution in [1.82, 2.24) is 0 Å². The number of carbonyl (C=O) groups is 1. The summed E-state index contributed by atoms with van der Waals surface area (Å²) in [6, 6.07) is 11.5. The lowest BCUT2D eigenvalue weighted by atomic mass is 10.2. The maximum absolute atomic E-state index is 12.9. The molecule has 0 spiro atoms. The molecule has 0 aromatic heterocycles. The van der Waals surface area contributed by atoms with Gasteiger partial charge >= 0.3 is 0 Å². The molecule has 0 heterocycles. The van der Waals surface area contributed by atoms with E-state index in [1.807, 2.05) is 31.2 Å². The van der Waals surface area contributed by atoms with Gasteiger partial charge in [0.15, 0.2) is 0 Å². The Morgan fingerprint density at radius 1 is 1.20 bits per heavy atom. The third-order valence-corrected chi connectivity index (χ3v) is 3.02. The van der Waals surface area contributed by atoms with E-state index in [2.05, 4.69) is 10.6 Å². The topological polar surface area (TPSA) is 41.1 Å². The normalized spacial score (nSPS) is 10.2. The van der Waals surface area contributed by atoms with Gasteiger partial charge in [0, 0.05) is 5.69 Å². The Morgan fingerprint density at radius 2 is 1.90 bits per heavy atom. The van der Waals surface area contributed by atoms with Crippen molar-refractivity contribution in [2.24, 2.45) is 0 Å². The van der Waals surface area contributed by atoms with Gasteiger partial charge in [-0.25, -0.2) is 4.39 Å². The van der Waals surface area contributed by atoms with Crippen LogP contribution in [0.15, 0.2) is 42.5 Å². The molecule has 2 aromatic carbocycles. The first kappa shape index (κ1) is 14.3. The highest BCUT2D eigenvalue weighted by atomic mass is 35.5. The van der Waals surface area contributed by atoms with Crippen LogP contribution in [0.2, 0.25) is 5.02 Å². The van der Waals surface area contributed by atoms with E-state index in [1.165, 1.54) is 18.2 Å². The van der Waals surface area contributed by atoms with Gasteiger partial charge in [-0.1, -0.05) is 29.3 Å². The second-order valence-electron chi connectivity index (χ2n) is 4.39. The average molecular weight is 293 g/mol. The molecular formula is C15H14ClFN2O. The van der Waals surface area contributed by atoms with Gasteiger partial charge in [0.2, 0.25) is 5.91 Å². The summed E-state index contributed by atoms with van der Waals surface area (Å²) < 4.78 is 12.9. The molecule has 0 aliphatic heterocycles. The van der Waals surface area contributed by atoms with E-state index >= 15 is 0 Å². The molecule has 0 fully saturated rings. The average Bonchev–Trinajstić information content (AvgIpc) is 2.40. The van der Waals surface area contributed by atoms with E-state index in [-0.39, 0.29) is 17.5 Å². The van der Waals surface area contributed by atoms with Crippen LogP contribution in [0.5, 0.6) is 0 Å². The minimum Gasteiger partial charge on any atom is -0.375 e. The molecule has 104 valence electrons. The van der Waals surface area contributed by atoms with Crippen LogP contribution >= 0.6 is 11.6 Å². The van der Waals surface area contributed by atoms with Crippen LogP contribution in [0, 0.1) is 12.7 Å². The third-order valence-electron chi connectivity index (χ3n) is 2.71. The molecule has 1 amide bonds. The van der Waals surface area contributed by atoms with Crippen molar-refractivity contribution in [3.8, 4) is 0 Å². The van der Waals surface area contributed by atoms with Crippen LogP contribution in [-0.2, 0) is 4.79 Å². The molecule has 0 aliphatic carbocycles. The summed E-state index contributed by atoms with van der Waals surface area (Å²) in [5, 5.41) is 5.86. The van der Waals surface area contributed by atoms with E-state index in [4.69, 9.17) is 11.6 Å². The molecule has 2 rings (SSSR count). The van der Waals surface area contributed by atoms with Crippen LogP contribution in [-0.4, -0.2) is 12.5 Å². The van der Waals surface area contributed by atoms with Gasteiger partial charge < -0.3 is 10.6 Å². The van der Waals surface area contributed by atoms with Crippen molar-refractivity contribution in [3.63, 3.8) is 0 Å². The van der Waals surface area contributed by atoms with Crippen LogP contribution in [0.4, 0.5) is 15.8 Å². The van der Waals surface area contributed by atoms with E-state index in [0.29, 0.717) is 5.69 Å². The molecule has 0 radical (unpaired) electrons. The van der Waals surface area contributed by atoms with Crippen molar-refractivity contribution in [2.75, 3.05) is 17.2 Å². The second-order valence-corrected chi connectivity index (χ2v) is 4.80. The van der Waals surface area contributed by atoms with Gasteiger partial charge in [-0.3, -0.25) is 4.79 Å².